The topological polar surface area (TPSA) is 39.2 Å². The van der Waals surface area contributed by atoms with Crippen molar-refractivity contribution in [2.45, 2.75) is 6.92 Å². The third-order valence-corrected chi connectivity index (χ3v) is 3.74. The lowest BCUT2D eigenvalue weighted by Gasteiger charge is -2.06. The minimum Gasteiger partial charge on any atom is -0.461 e. The molecule has 0 bridgehead atoms. The van der Waals surface area contributed by atoms with Gasteiger partial charge in [0, 0.05) is 13.4 Å². The maximum absolute atomic E-state index is 11.6. The highest BCUT2D eigenvalue weighted by molar-refractivity contribution is 14.1. The van der Waals surface area contributed by atoms with Gasteiger partial charge in [-0.15, -0.1) is 0 Å². The number of aromatic nitrogens is 1. The lowest BCUT2D eigenvalue weighted by atomic mass is 10.2. The SMILES string of the molecule is CCOC(=O)c1cc(Br)c2c(I)cccc2n1. The molecule has 0 aliphatic rings. The van der Waals surface area contributed by atoms with Crippen LogP contribution in [0.2, 0.25) is 0 Å². The number of carbonyl (C=O) groups excluding carboxylic acids is 1. The molecule has 0 unspecified atom stereocenters. The van der Waals surface area contributed by atoms with Gasteiger partial charge in [-0.3, -0.25) is 0 Å². The third-order valence-electron chi connectivity index (χ3n) is 2.22. The van der Waals surface area contributed by atoms with E-state index in [1.807, 2.05) is 18.2 Å². The van der Waals surface area contributed by atoms with Gasteiger partial charge in [-0.25, -0.2) is 9.78 Å². The molecule has 0 aliphatic carbocycles. The molecular weight excluding hydrogens is 397 g/mol. The monoisotopic (exact) mass is 405 g/mol. The Bertz CT molecular complexity index is 586. The zero-order valence-electron chi connectivity index (χ0n) is 9.04. The van der Waals surface area contributed by atoms with Crippen molar-refractivity contribution in [1.29, 1.82) is 0 Å². The maximum atomic E-state index is 11.6. The van der Waals surface area contributed by atoms with Crippen LogP contribution in [-0.4, -0.2) is 17.6 Å². The number of nitrogens with zero attached hydrogens (tertiary/aromatic N) is 1. The first-order chi connectivity index (χ1) is 8.13. The normalized spacial score (nSPS) is 10.5. The molecule has 0 fully saturated rings. The first-order valence-electron chi connectivity index (χ1n) is 5.05. The Labute approximate surface area is 121 Å². The molecule has 1 aromatic heterocycles. The molecule has 1 aromatic carbocycles. The summed E-state index contributed by atoms with van der Waals surface area (Å²) in [6, 6.07) is 7.49. The van der Waals surface area contributed by atoms with Crippen LogP contribution in [0.25, 0.3) is 10.9 Å². The second kappa shape index (κ2) is 5.30. The number of hydrogen-bond donors (Lipinski definition) is 0. The highest BCUT2D eigenvalue weighted by atomic mass is 127. The van der Waals surface area contributed by atoms with E-state index in [9.17, 15) is 4.79 Å². The van der Waals surface area contributed by atoms with Crippen molar-refractivity contribution < 1.29 is 9.53 Å². The zero-order chi connectivity index (χ0) is 12.4. The van der Waals surface area contributed by atoms with Crippen molar-refractivity contribution >= 4 is 55.4 Å². The first-order valence-corrected chi connectivity index (χ1v) is 6.92. The van der Waals surface area contributed by atoms with Crippen LogP contribution in [0.5, 0.6) is 0 Å². The van der Waals surface area contributed by atoms with Crippen molar-refractivity contribution in [3.63, 3.8) is 0 Å². The molecule has 0 amide bonds. The Kier molecular flexibility index (Phi) is 3.98. The molecule has 0 aliphatic heterocycles. The number of ether oxygens (including phenoxy) is 1. The quantitative estimate of drug-likeness (QED) is 0.563. The van der Waals surface area contributed by atoms with E-state index in [1.54, 1.807) is 13.0 Å². The van der Waals surface area contributed by atoms with E-state index in [-0.39, 0.29) is 0 Å². The average Bonchev–Trinajstić information content (AvgIpc) is 2.29. The van der Waals surface area contributed by atoms with Crippen LogP contribution in [0.4, 0.5) is 0 Å². The van der Waals surface area contributed by atoms with Crippen LogP contribution in [0.3, 0.4) is 0 Å². The average molecular weight is 406 g/mol. The molecule has 88 valence electrons. The van der Waals surface area contributed by atoms with Crippen LogP contribution < -0.4 is 0 Å². The van der Waals surface area contributed by atoms with Crippen LogP contribution >= 0.6 is 38.5 Å². The van der Waals surface area contributed by atoms with Gasteiger partial charge < -0.3 is 4.74 Å². The van der Waals surface area contributed by atoms with Gasteiger partial charge in [0.15, 0.2) is 0 Å². The molecule has 2 rings (SSSR count). The summed E-state index contributed by atoms with van der Waals surface area (Å²) in [6.45, 7) is 2.12. The van der Waals surface area contributed by atoms with Gasteiger partial charge in [0.1, 0.15) is 5.69 Å². The summed E-state index contributed by atoms with van der Waals surface area (Å²) in [7, 11) is 0. The van der Waals surface area contributed by atoms with Crippen LogP contribution in [0, 0.1) is 3.57 Å². The number of hydrogen-bond acceptors (Lipinski definition) is 3. The second-order valence-electron chi connectivity index (χ2n) is 3.34. The van der Waals surface area contributed by atoms with Gasteiger partial charge in [0.2, 0.25) is 0 Å². The zero-order valence-corrected chi connectivity index (χ0v) is 12.8. The fourth-order valence-corrected chi connectivity index (χ4v) is 3.28. The van der Waals surface area contributed by atoms with E-state index < -0.39 is 5.97 Å². The van der Waals surface area contributed by atoms with Crippen molar-refractivity contribution in [2.75, 3.05) is 6.61 Å². The van der Waals surface area contributed by atoms with Gasteiger partial charge in [-0.1, -0.05) is 6.07 Å². The predicted octanol–water partition coefficient (Wildman–Crippen LogP) is 3.78. The van der Waals surface area contributed by atoms with Crippen molar-refractivity contribution in [2.24, 2.45) is 0 Å². The van der Waals surface area contributed by atoms with E-state index in [1.165, 1.54) is 0 Å². The number of benzene rings is 1. The van der Waals surface area contributed by atoms with Crippen LogP contribution in [0.1, 0.15) is 17.4 Å². The summed E-state index contributed by atoms with van der Waals surface area (Å²) in [4.78, 5) is 15.9. The summed E-state index contributed by atoms with van der Waals surface area (Å²) in [5, 5.41) is 1.01. The van der Waals surface area contributed by atoms with E-state index in [2.05, 4.69) is 43.5 Å². The molecule has 0 atom stereocenters. The van der Waals surface area contributed by atoms with Gasteiger partial charge in [-0.05, 0) is 63.6 Å². The number of esters is 1. The molecule has 0 saturated heterocycles. The number of halogens is 2. The predicted molar refractivity (Wildman–Crippen MR) is 78.1 cm³/mol. The molecule has 2 aromatic rings. The molecule has 17 heavy (non-hydrogen) atoms. The lowest BCUT2D eigenvalue weighted by Crippen LogP contribution is -2.07. The highest BCUT2D eigenvalue weighted by Gasteiger charge is 2.13. The Morgan fingerprint density at radius 3 is 3.00 bits per heavy atom. The number of rotatable bonds is 2. The standard InChI is InChI=1S/C12H9BrINO2/c1-2-17-12(16)10-6-7(13)11-8(14)4-3-5-9(11)15-10/h3-6H,2H2,1H3. The first kappa shape index (κ1) is 12.8. The molecule has 0 radical (unpaired) electrons. The summed E-state index contributed by atoms with van der Waals surface area (Å²) in [5.41, 5.74) is 1.11. The Hall–Kier alpha value is -0.690. The molecule has 1 heterocycles. The second-order valence-corrected chi connectivity index (χ2v) is 5.36. The third kappa shape index (κ3) is 2.60. The Morgan fingerprint density at radius 2 is 2.29 bits per heavy atom. The van der Waals surface area contributed by atoms with Crippen molar-refractivity contribution in [1.82, 2.24) is 4.98 Å². The lowest BCUT2D eigenvalue weighted by molar-refractivity contribution is 0.0520. The van der Waals surface area contributed by atoms with Crippen LogP contribution in [-0.2, 0) is 4.74 Å². The molecule has 5 heteroatoms. The van der Waals surface area contributed by atoms with E-state index >= 15 is 0 Å². The summed E-state index contributed by atoms with van der Waals surface area (Å²) in [5.74, 6) is -0.394. The van der Waals surface area contributed by atoms with E-state index in [0.717, 1.165) is 18.9 Å². The summed E-state index contributed by atoms with van der Waals surface area (Å²) >= 11 is 5.71. The Balaban J connectivity index is 2.60. The van der Waals surface area contributed by atoms with Crippen LogP contribution in [0.15, 0.2) is 28.7 Å². The van der Waals surface area contributed by atoms with E-state index in [0.29, 0.717) is 12.3 Å². The maximum Gasteiger partial charge on any atom is 0.356 e. The molecule has 0 saturated carbocycles. The van der Waals surface area contributed by atoms with Gasteiger partial charge >= 0.3 is 5.97 Å². The highest BCUT2D eigenvalue weighted by Crippen LogP contribution is 2.28. The largest absolute Gasteiger partial charge is 0.461 e. The van der Waals surface area contributed by atoms with Crippen molar-refractivity contribution in [3.8, 4) is 0 Å². The molecule has 0 spiro atoms. The summed E-state index contributed by atoms with van der Waals surface area (Å²) in [6.07, 6.45) is 0. The van der Waals surface area contributed by atoms with E-state index in [4.69, 9.17) is 4.74 Å². The van der Waals surface area contributed by atoms with Gasteiger partial charge in [-0.2, -0.15) is 0 Å². The summed E-state index contributed by atoms with van der Waals surface area (Å²) < 4.78 is 6.89. The molecule has 3 nitrogen and oxygen atoms in total. The van der Waals surface area contributed by atoms with Crippen molar-refractivity contribution in [3.05, 3.63) is 38.0 Å². The molecule has 0 N–H and O–H groups in total. The molecular formula is C12H9BrINO2. The number of carbonyl (C=O) groups is 1. The van der Waals surface area contributed by atoms with Gasteiger partial charge in [0.05, 0.1) is 12.1 Å². The number of fused-ring (bicyclic) bond motifs is 1. The fraction of sp³-hybridized carbons (Fsp3) is 0.167. The fourth-order valence-electron chi connectivity index (χ4n) is 1.51. The number of pyridine rings is 1. The minimum absolute atomic E-state index is 0.327. The smallest absolute Gasteiger partial charge is 0.356 e. The van der Waals surface area contributed by atoms with Gasteiger partial charge in [0.25, 0.3) is 0 Å². The minimum atomic E-state index is -0.394. The Morgan fingerprint density at radius 1 is 1.53 bits per heavy atom.